The number of nitrogens with zero attached hydrogens (tertiary/aromatic N) is 1. The fourth-order valence-electron chi connectivity index (χ4n) is 2.03. The molecule has 4 nitrogen and oxygen atoms in total. The minimum absolute atomic E-state index is 0.00970. The molecular weight excluding hydrogens is 290 g/mol. The van der Waals surface area contributed by atoms with Crippen LogP contribution in [0.2, 0.25) is 5.02 Å². The molecule has 0 spiro atoms. The fraction of sp³-hybridized carbons (Fsp3) is 0.188. The Labute approximate surface area is 127 Å². The molecule has 0 amide bonds. The number of benzene rings is 2. The van der Waals surface area contributed by atoms with Crippen LogP contribution < -0.4 is 0 Å². The quantitative estimate of drug-likeness (QED) is 0.621. The van der Waals surface area contributed by atoms with E-state index in [4.69, 9.17) is 11.6 Å². The number of nitro benzene ring substituents is 1. The van der Waals surface area contributed by atoms with Crippen molar-refractivity contribution in [1.82, 2.24) is 0 Å². The molecule has 0 atom stereocenters. The van der Waals surface area contributed by atoms with Crippen LogP contribution in [0.25, 0.3) is 0 Å². The van der Waals surface area contributed by atoms with Crippen molar-refractivity contribution in [2.75, 3.05) is 0 Å². The van der Waals surface area contributed by atoms with E-state index in [2.05, 4.69) is 0 Å². The van der Waals surface area contributed by atoms with Crippen LogP contribution in [0.3, 0.4) is 0 Å². The van der Waals surface area contributed by atoms with Crippen LogP contribution in [0, 0.1) is 17.0 Å². The highest BCUT2D eigenvalue weighted by molar-refractivity contribution is 6.32. The van der Waals surface area contributed by atoms with Gasteiger partial charge in [-0.2, -0.15) is 0 Å². The first-order valence-electron chi connectivity index (χ1n) is 6.46. The van der Waals surface area contributed by atoms with Crippen LogP contribution in [0.4, 0.5) is 5.69 Å². The molecule has 2 aromatic carbocycles. The Hall–Kier alpha value is -2.20. The maximum atomic E-state index is 12.0. The first-order chi connectivity index (χ1) is 9.95. The molecule has 0 saturated carbocycles. The fourth-order valence-corrected chi connectivity index (χ4v) is 2.22. The van der Waals surface area contributed by atoms with Gasteiger partial charge in [-0.05, 0) is 24.1 Å². The molecule has 0 aliphatic rings. The number of carbonyl (C=O) groups is 1. The predicted octanol–water partition coefficient (Wildman–Crippen LogP) is 3.91. The van der Waals surface area contributed by atoms with E-state index in [1.807, 2.05) is 31.2 Å². The van der Waals surface area contributed by atoms with E-state index in [0.717, 1.165) is 11.1 Å². The maximum absolute atomic E-state index is 12.0. The van der Waals surface area contributed by atoms with Gasteiger partial charge in [0.15, 0.2) is 0 Å². The van der Waals surface area contributed by atoms with Gasteiger partial charge < -0.3 is 0 Å². The van der Waals surface area contributed by atoms with E-state index in [1.165, 1.54) is 12.1 Å². The summed E-state index contributed by atoms with van der Waals surface area (Å²) in [6, 6.07) is 12.2. The average Bonchev–Trinajstić information content (AvgIpc) is 2.43. The number of Topliss-reactive ketones (excluding diaryl/α,β-unsaturated/α-hetero) is 1. The van der Waals surface area contributed by atoms with Crippen LogP contribution >= 0.6 is 11.6 Å². The summed E-state index contributed by atoms with van der Waals surface area (Å²) in [5.41, 5.74) is 2.51. The van der Waals surface area contributed by atoms with Gasteiger partial charge in [0, 0.05) is 18.9 Å². The van der Waals surface area contributed by atoms with Gasteiger partial charge in [0.2, 0.25) is 0 Å². The molecule has 5 heteroatoms. The van der Waals surface area contributed by atoms with Gasteiger partial charge in [-0.3, -0.25) is 14.9 Å². The van der Waals surface area contributed by atoms with Crippen LogP contribution in [-0.4, -0.2) is 10.7 Å². The molecule has 0 heterocycles. The van der Waals surface area contributed by atoms with Gasteiger partial charge >= 0.3 is 0 Å². The second kappa shape index (κ2) is 6.50. The van der Waals surface area contributed by atoms with Gasteiger partial charge in [0.1, 0.15) is 10.8 Å². The molecule has 108 valence electrons. The summed E-state index contributed by atoms with van der Waals surface area (Å²) in [5.74, 6) is 0.00970. The molecule has 0 N–H and O–H groups in total. The zero-order chi connectivity index (χ0) is 15.4. The first-order valence-corrected chi connectivity index (χ1v) is 6.83. The Balaban J connectivity index is 2.07. The number of aryl methyl sites for hydroxylation is 1. The van der Waals surface area contributed by atoms with Gasteiger partial charge in [0.25, 0.3) is 5.69 Å². The summed E-state index contributed by atoms with van der Waals surface area (Å²) in [5, 5.41) is 10.9. The Bertz CT molecular complexity index is 680. The molecule has 2 rings (SSSR count). The summed E-state index contributed by atoms with van der Waals surface area (Å²) in [6.07, 6.45) is 0.475. The topological polar surface area (TPSA) is 60.2 Å². The molecule has 21 heavy (non-hydrogen) atoms. The number of halogens is 1. The smallest absolute Gasteiger partial charge is 0.288 e. The third kappa shape index (κ3) is 4.13. The van der Waals surface area contributed by atoms with E-state index in [1.54, 1.807) is 6.07 Å². The summed E-state index contributed by atoms with van der Waals surface area (Å²) < 4.78 is 0. The van der Waals surface area contributed by atoms with Crippen molar-refractivity contribution in [3.05, 3.63) is 74.3 Å². The molecule has 0 aliphatic carbocycles. The normalized spacial score (nSPS) is 10.4. The van der Waals surface area contributed by atoms with Crippen molar-refractivity contribution in [2.24, 2.45) is 0 Å². The number of rotatable bonds is 5. The minimum atomic E-state index is -0.545. The monoisotopic (exact) mass is 303 g/mol. The van der Waals surface area contributed by atoms with Crippen LogP contribution in [0.1, 0.15) is 16.7 Å². The third-order valence-electron chi connectivity index (χ3n) is 3.13. The number of carbonyl (C=O) groups excluding carboxylic acids is 1. The van der Waals surface area contributed by atoms with E-state index in [-0.39, 0.29) is 22.9 Å². The zero-order valence-corrected chi connectivity index (χ0v) is 12.3. The highest BCUT2D eigenvalue weighted by Gasteiger charge is 2.14. The molecule has 0 aliphatic heterocycles. The second-order valence-corrected chi connectivity index (χ2v) is 5.33. The highest BCUT2D eigenvalue weighted by atomic mass is 35.5. The zero-order valence-electron chi connectivity index (χ0n) is 11.5. The number of hydrogen-bond donors (Lipinski definition) is 0. The third-order valence-corrected chi connectivity index (χ3v) is 3.45. The van der Waals surface area contributed by atoms with E-state index in [9.17, 15) is 14.9 Å². The largest absolute Gasteiger partial charge is 0.299 e. The van der Waals surface area contributed by atoms with Crippen LogP contribution in [-0.2, 0) is 17.6 Å². The summed E-state index contributed by atoms with van der Waals surface area (Å²) in [4.78, 5) is 22.3. The van der Waals surface area contributed by atoms with Crippen molar-refractivity contribution >= 4 is 23.1 Å². The van der Waals surface area contributed by atoms with Crippen LogP contribution in [0.15, 0.2) is 42.5 Å². The average molecular weight is 304 g/mol. The molecule has 0 aromatic heterocycles. The number of hydrogen-bond acceptors (Lipinski definition) is 3. The Morgan fingerprint density at radius 3 is 2.29 bits per heavy atom. The Morgan fingerprint density at radius 2 is 1.67 bits per heavy atom. The van der Waals surface area contributed by atoms with E-state index >= 15 is 0 Å². The number of ketones is 1. The molecule has 0 saturated heterocycles. The molecule has 0 radical (unpaired) electrons. The SMILES string of the molecule is Cc1ccc(CC(=O)Cc2ccc(Cl)c([N+](=O)[O-])c2)cc1. The van der Waals surface area contributed by atoms with Crippen LogP contribution in [0.5, 0.6) is 0 Å². The summed E-state index contributed by atoms with van der Waals surface area (Å²) in [6.45, 7) is 1.98. The number of nitro groups is 1. The van der Waals surface area contributed by atoms with Crippen molar-refractivity contribution in [2.45, 2.75) is 19.8 Å². The van der Waals surface area contributed by atoms with Crippen molar-refractivity contribution in [1.29, 1.82) is 0 Å². The molecular formula is C16H14ClNO3. The lowest BCUT2D eigenvalue weighted by molar-refractivity contribution is -0.384. The second-order valence-electron chi connectivity index (χ2n) is 4.92. The Kier molecular flexibility index (Phi) is 4.70. The van der Waals surface area contributed by atoms with Crippen molar-refractivity contribution in [3.8, 4) is 0 Å². The van der Waals surface area contributed by atoms with Crippen molar-refractivity contribution in [3.63, 3.8) is 0 Å². The maximum Gasteiger partial charge on any atom is 0.288 e. The predicted molar refractivity (Wildman–Crippen MR) is 81.7 cm³/mol. The highest BCUT2D eigenvalue weighted by Crippen LogP contribution is 2.25. The Morgan fingerprint density at radius 1 is 1.10 bits per heavy atom. The molecule has 0 bridgehead atoms. The molecule has 2 aromatic rings. The summed E-state index contributed by atoms with van der Waals surface area (Å²) in [7, 11) is 0. The van der Waals surface area contributed by atoms with Crippen molar-refractivity contribution < 1.29 is 9.72 Å². The lowest BCUT2D eigenvalue weighted by Crippen LogP contribution is -2.07. The molecule has 0 fully saturated rings. The van der Waals surface area contributed by atoms with Gasteiger partial charge in [-0.1, -0.05) is 47.5 Å². The summed E-state index contributed by atoms with van der Waals surface area (Å²) >= 11 is 5.75. The first kappa shape index (κ1) is 15.2. The van der Waals surface area contributed by atoms with Gasteiger partial charge in [-0.25, -0.2) is 0 Å². The van der Waals surface area contributed by atoms with E-state index in [0.29, 0.717) is 12.0 Å². The lowest BCUT2D eigenvalue weighted by atomic mass is 10.0. The van der Waals surface area contributed by atoms with Gasteiger partial charge in [-0.15, -0.1) is 0 Å². The standard InChI is InChI=1S/C16H14ClNO3/c1-11-2-4-12(5-3-11)8-14(19)9-13-6-7-15(17)16(10-13)18(20)21/h2-7,10H,8-9H2,1H3. The minimum Gasteiger partial charge on any atom is -0.299 e. The lowest BCUT2D eigenvalue weighted by Gasteiger charge is -2.03. The van der Waals surface area contributed by atoms with Gasteiger partial charge in [0.05, 0.1) is 4.92 Å². The molecule has 0 unspecified atom stereocenters. The van der Waals surface area contributed by atoms with E-state index < -0.39 is 4.92 Å².